The smallest absolute Gasteiger partial charge is 0.222 e. The fourth-order valence-corrected chi connectivity index (χ4v) is 5.13. The van der Waals surface area contributed by atoms with Crippen LogP contribution in [0.4, 0.5) is 4.39 Å². The van der Waals surface area contributed by atoms with Gasteiger partial charge in [-0.1, -0.05) is 17.7 Å². The number of rotatable bonds is 2. The van der Waals surface area contributed by atoms with Crippen molar-refractivity contribution >= 4 is 17.5 Å². The van der Waals surface area contributed by atoms with Crippen molar-refractivity contribution < 1.29 is 18.7 Å². The molecule has 0 N–H and O–H groups in total. The number of likely N-dealkylation sites (tertiary alicyclic amines) is 1. The summed E-state index contributed by atoms with van der Waals surface area (Å²) in [5.74, 6) is -0.202. The molecule has 3 heterocycles. The third-order valence-electron chi connectivity index (χ3n) is 6.31. The lowest BCUT2D eigenvalue weighted by Crippen LogP contribution is -2.61. The van der Waals surface area contributed by atoms with Gasteiger partial charge in [-0.2, -0.15) is 0 Å². The van der Waals surface area contributed by atoms with Crippen molar-refractivity contribution in [3.63, 3.8) is 0 Å². The molecule has 1 amide bonds. The van der Waals surface area contributed by atoms with Crippen LogP contribution in [0.1, 0.15) is 38.2 Å². The molecule has 7 heteroatoms. The molecule has 0 bridgehead atoms. The maximum Gasteiger partial charge on any atom is 0.222 e. The predicted molar refractivity (Wildman–Crippen MR) is 99.9 cm³/mol. The normalized spacial score (nSPS) is 24.6. The zero-order valence-corrected chi connectivity index (χ0v) is 16.4. The van der Waals surface area contributed by atoms with E-state index >= 15 is 0 Å². The molecule has 2 spiro atoms. The summed E-state index contributed by atoms with van der Waals surface area (Å²) in [4.78, 5) is 16.8. The van der Waals surface area contributed by atoms with Gasteiger partial charge < -0.3 is 14.4 Å². The summed E-state index contributed by atoms with van der Waals surface area (Å²) in [6.45, 7) is 5.50. The highest BCUT2D eigenvalue weighted by molar-refractivity contribution is 6.31. The number of hydrogen-bond acceptors (Lipinski definition) is 4. The Hall–Kier alpha value is -1.21. The highest BCUT2D eigenvalue weighted by atomic mass is 35.5. The maximum absolute atomic E-state index is 14.1. The minimum Gasteiger partial charge on any atom is -0.381 e. The molecule has 1 aromatic rings. The van der Waals surface area contributed by atoms with E-state index in [-0.39, 0.29) is 17.3 Å². The molecule has 3 fully saturated rings. The fourth-order valence-electron chi connectivity index (χ4n) is 4.91. The summed E-state index contributed by atoms with van der Waals surface area (Å²) in [6.07, 6.45) is 3.09. The number of halogens is 2. The lowest BCUT2D eigenvalue weighted by molar-refractivity contribution is -0.166. The van der Waals surface area contributed by atoms with Gasteiger partial charge in [0.1, 0.15) is 11.5 Å². The number of carbonyl (C=O) groups is 1. The first kappa shape index (κ1) is 19.1. The first-order valence-electron chi connectivity index (χ1n) is 9.64. The van der Waals surface area contributed by atoms with Crippen molar-refractivity contribution in [3.8, 4) is 0 Å². The van der Waals surface area contributed by atoms with E-state index in [0.29, 0.717) is 37.0 Å². The number of carbonyl (C=O) groups excluding carboxylic acids is 1. The standard InChI is InChI=1S/C20H26ClFN2O3/c1-15(25)24-19(7-11-26-12-8-19)14-27-20(24)5-9-23(10-6-20)13-16-17(21)3-2-4-18(16)22/h2-4H,5-14H2,1H3. The minimum atomic E-state index is -0.543. The second kappa shape index (κ2) is 7.32. The van der Waals surface area contributed by atoms with Crippen LogP contribution in [0, 0.1) is 5.82 Å². The molecule has 27 heavy (non-hydrogen) atoms. The summed E-state index contributed by atoms with van der Waals surface area (Å²) in [6, 6.07) is 4.79. The SMILES string of the molecule is CC(=O)N1C2(CCOCC2)COC12CCN(Cc1c(F)cccc1Cl)CC2. The van der Waals surface area contributed by atoms with E-state index in [1.165, 1.54) is 6.07 Å². The Bertz CT molecular complexity index is 695. The van der Waals surface area contributed by atoms with E-state index in [1.807, 2.05) is 4.90 Å². The van der Waals surface area contributed by atoms with Gasteiger partial charge in [-0.05, 0) is 25.0 Å². The molecular weight excluding hydrogens is 371 g/mol. The zero-order chi connectivity index (χ0) is 19.1. The van der Waals surface area contributed by atoms with Crippen LogP contribution >= 0.6 is 11.6 Å². The van der Waals surface area contributed by atoms with Crippen LogP contribution in [0.25, 0.3) is 0 Å². The van der Waals surface area contributed by atoms with Crippen LogP contribution in [0.3, 0.4) is 0 Å². The number of nitrogens with zero attached hydrogens (tertiary/aromatic N) is 2. The van der Waals surface area contributed by atoms with Crippen LogP contribution in [-0.4, -0.2) is 59.9 Å². The quantitative estimate of drug-likeness (QED) is 0.769. The molecule has 4 rings (SSSR count). The van der Waals surface area contributed by atoms with Gasteiger partial charge in [0.15, 0.2) is 0 Å². The van der Waals surface area contributed by atoms with Crippen molar-refractivity contribution in [2.75, 3.05) is 32.9 Å². The predicted octanol–water partition coefficient (Wildman–Crippen LogP) is 3.20. The molecule has 3 saturated heterocycles. The summed E-state index contributed by atoms with van der Waals surface area (Å²) < 4.78 is 25.9. The number of amides is 1. The molecule has 3 aliphatic rings. The van der Waals surface area contributed by atoms with E-state index in [1.54, 1.807) is 19.1 Å². The van der Waals surface area contributed by atoms with E-state index < -0.39 is 5.72 Å². The fraction of sp³-hybridized carbons (Fsp3) is 0.650. The summed E-state index contributed by atoms with van der Waals surface area (Å²) >= 11 is 6.18. The molecule has 0 aromatic heterocycles. The second-order valence-electron chi connectivity index (χ2n) is 7.90. The Morgan fingerprint density at radius 2 is 1.93 bits per heavy atom. The van der Waals surface area contributed by atoms with Crippen LogP contribution < -0.4 is 0 Å². The number of hydrogen-bond donors (Lipinski definition) is 0. The molecule has 0 unspecified atom stereocenters. The zero-order valence-electron chi connectivity index (χ0n) is 15.7. The van der Waals surface area contributed by atoms with E-state index in [2.05, 4.69) is 4.90 Å². The molecule has 0 radical (unpaired) electrons. The van der Waals surface area contributed by atoms with Gasteiger partial charge in [-0.15, -0.1) is 0 Å². The molecule has 0 aliphatic carbocycles. The molecule has 0 saturated carbocycles. The minimum absolute atomic E-state index is 0.0694. The van der Waals surface area contributed by atoms with Gasteiger partial charge in [0.2, 0.25) is 5.91 Å². The Kier molecular flexibility index (Phi) is 5.18. The number of benzene rings is 1. The highest BCUT2D eigenvalue weighted by Crippen LogP contribution is 2.46. The van der Waals surface area contributed by atoms with Gasteiger partial charge in [0.05, 0.1) is 12.1 Å². The van der Waals surface area contributed by atoms with Gasteiger partial charge in [0, 0.05) is 63.2 Å². The highest BCUT2D eigenvalue weighted by Gasteiger charge is 2.58. The summed E-state index contributed by atoms with van der Waals surface area (Å²) in [7, 11) is 0. The monoisotopic (exact) mass is 396 g/mol. The molecule has 1 aromatic carbocycles. The Morgan fingerprint density at radius 3 is 2.56 bits per heavy atom. The van der Waals surface area contributed by atoms with Crippen molar-refractivity contribution in [2.45, 2.75) is 50.4 Å². The summed E-state index contributed by atoms with van der Waals surface area (Å²) in [5.41, 5.74) is -0.244. The second-order valence-corrected chi connectivity index (χ2v) is 8.31. The van der Waals surface area contributed by atoms with E-state index in [0.717, 1.165) is 38.8 Å². The van der Waals surface area contributed by atoms with Crippen LogP contribution in [-0.2, 0) is 20.8 Å². The summed E-state index contributed by atoms with van der Waals surface area (Å²) in [5, 5.41) is 0.457. The van der Waals surface area contributed by atoms with Gasteiger partial charge >= 0.3 is 0 Å². The van der Waals surface area contributed by atoms with E-state index in [4.69, 9.17) is 21.1 Å². The molecule has 5 nitrogen and oxygen atoms in total. The third-order valence-corrected chi connectivity index (χ3v) is 6.66. The first-order valence-corrected chi connectivity index (χ1v) is 10.0. The topological polar surface area (TPSA) is 42.0 Å². The molecular formula is C20H26ClFN2O3. The molecule has 148 valence electrons. The van der Waals surface area contributed by atoms with E-state index in [9.17, 15) is 9.18 Å². The van der Waals surface area contributed by atoms with Crippen LogP contribution in [0.2, 0.25) is 5.02 Å². The average molecular weight is 397 g/mol. The maximum atomic E-state index is 14.1. The molecule has 0 atom stereocenters. The van der Waals surface area contributed by atoms with Crippen LogP contribution in [0.5, 0.6) is 0 Å². The van der Waals surface area contributed by atoms with Crippen molar-refractivity contribution in [1.82, 2.24) is 9.80 Å². The molecule has 3 aliphatic heterocycles. The number of piperidine rings is 1. The van der Waals surface area contributed by atoms with Gasteiger partial charge in [-0.3, -0.25) is 9.69 Å². The van der Waals surface area contributed by atoms with Gasteiger partial charge in [-0.25, -0.2) is 4.39 Å². The van der Waals surface area contributed by atoms with Crippen molar-refractivity contribution in [2.24, 2.45) is 0 Å². The van der Waals surface area contributed by atoms with Gasteiger partial charge in [0.25, 0.3) is 0 Å². The lowest BCUT2D eigenvalue weighted by Gasteiger charge is -2.49. The van der Waals surface area contributed by atoms with Crippen molar-refractivity contribution in [3.05, 3.63) is 34.6 Å². The largest absolute Gasteiger partial charge is 0.381 e. The van der Waals surface area contributed by atoms with Crippen LogP contribution in [0.15, 0.2) is 18.2 Å². The number of ether oxygens (including phenoxy) is 2. The third kappa shape index (κ3) is 3.37. The van der Waals surface area contributed by atoms with Crippen molar-refractivity contribution in [1.29, 1.82) is 0 Å². The Labute approximate surface area is 164 Å². The first-order chi connectivity index (χ1) is 13.0. The Morgan fingerprint density at radius 1 is 1.22 bits per heavy atom. The average Bonchev–Trinajstić information content (AvgIpc) is 2.94. The Balaban J connectivity index is 1.48. The lowest BCUT2D eigenvalue weighted by atomic mass is 9.86.